The number of carboxylic acid groups (broad SMARTS) is 1. The zero-order valence-corrected chi connectivity index (χ0v) is 22.1. The Hall–Kier alpha value is -4.18. The molecule has 5 rings (SSSR count). The molecule has 2 N–H and O–H groups in total. The molecule has 5 aromatic rings. The molecule has 3 aromatic carbocycles. The first kappa shape index (κ1) is 25.5. The summed E-state index contributed by atoms with van der Waals surface area (Å²) in [6.45, 7) is 5.82. The Morgan fingerprint density at radius 2 is 1.79 bits per heavy atom. The fraction of sp³-hybridized carbons (Fsp3) is 0.214. The number of nitrogens with one attached hydrogen (secondary N) is 1. The van der Waals surface area contributed by atoms with Gasteiger partial charge >= 0.3 is 6.09 Å². The summed E-state index contributed by atoms with van der Waals surface area (Å²) in [7, 11) is -2.47. The van der Waals surface area contributed by atoms with Crippen molar-refractivity contribution in [1.29, 1.82) is 0 Å². The van der Waals surface area contributed by atoms with E-state index in [0.29, 0.717) is 33.4 Å². The first-order chi connectivity index (χ1) is 17.9. The van der Waals surface area contributed by atoms with Crippen LogP contribution in [0, 0.1) is 11.2 Å². The van der Waals surface area contributed by atoms with E-state index in [1.54, 1.807) is 30.3 Å². The van der Waals surface area contributed by atoms with Gasteiger partial charge in [0.25, 0.3) is 10.0 Å². The van der Waals surface area contributed by atoms with Crippen LogP contribution in [0.2, 0.25) is 0 Å². The minimum atomic E-state index is -3.98. The van der Waals surface area contributed by atoms with Crippen LogP contribution in [0.4, 0.5) is 9.18 Å². The van der Waals surface area contributed by atoms with Crippen LogP contribution in [0.15, 0.2) is 77.8 Å². The lowest BCUT2D eigenvalue weighted by Gasteiger charge is -2.34. The summed E-state index contributed by atoms with van der Waals surface area (Å²) in [6, 6.07) is 17.0. The summed E-state index contributed by atoms with van der Waals surface area (Å²) in [5.41, 5.74) is 2.40. The van der Waals surface area contributed by atoms with Gasteiger partial charge in [0.05, 0.1) is 27.5 Å². The van der Waals surface area contributed by atoms with Gasteiger partial charge in [-0.05, 0) is 53.4 Å². The average molecular weight is 535 g/mol. The monoisotopic (exact) mass is 534 g/mol. The van der Waals surface area contributed by atoms with Crippen LogP contribution in [0.25, 0.3) is 33.1 Å². The van der Waals surface area contributed by atoms with Crippen LogP contribution in [0.1, 0.15) is 32.6 Å². The van der Waals surface area contributed by atoms with Crippen molar-refractivity contribution in [3.63, 3.8) is 0 Å². The van der Waals surface area contributed by atoms with Gasteiger partial charge in [0.1, 0.15) is 11.6 Å². The fourth-order valence-corrected chi connectivity index (χ4v) is 6.30. The minimum Gasteiger partial charge on any atom is -0.465 e. The van der Waals surface area contributed by atoms with E-state index in [2.05, 4.69) is 9.97 Å². The summed E-state index contributed by atoms with van der Waals surface area (Å²) >= 11 is 0. The Morgan fingerprint density at radius 3 is 2.45 bits per heavy atom. The van der Waals surface area contributed by atoms with Gasteiger partial charge in [0.15, 0.2) is 0 Å². The van der Waals surface area contributed by atoms with E-state index in [0.717, 1.165) is 3.97 Å². The smallest absolute Gasteiger partial charge is 0.407 e. The number of nitrogens with zero attached hydrogens (tertiary/aromatic N) is 3. The van der Waals surface area contributed by atoms with E-state index in [1.807, 2.05) is 32.9 Å². The molecule has 0 aliphatic rings. The maximum absolute atomic E-state index is 14.3. The standard InChI is InChI=1S/C28H27FN4O4S/c1-28(2,3)25(32(4)27(34)35)26-30-22-13-10-17(14-23(22)31-26)21-16-33(24-15-18(29)11-12-20(21)24)38(36,37)19-8-6-5-7-9-19/h5-16,25H,1-4H3,(H,30,31)(H,34,35). The van der Waals surface area contributed by atoms with Crippen LogP contribution in [0.5, 0.6) is 0 Å². The van der Waals surface area contributed by atoms with Crippen LogP contribution >= 0.6 is 0 Å². The minimum absolute atomic E-state index is 0.0946. The molecule has 0 aliphatic heterocycles. The summed E-state index contributed by atoms with van der Waals surface area (Å²) in [5, 5.41) is 10.2. The molecule has 38 heavy (non-hydrogen) atoms. The van der Waals surface area contributed by atoms with E-state index in [-0.39, 0.29) is 10.4 Å². The SMILES string of the molecule is CN(C(=O)O)C(c1nc2ccc(-c3cn(S(=O)(=O)c4ccccc4)c4cc(F)ccc34)cc2[nH]1)C(C)(C)C. The molecule has 196 valence electrons. The Kier molecular flexibility index (Phi) is 6.02. The second-order valence-electron chi connectivity index (χ2n) is 10.3. The van der Waals surface area contributed by atoms with Crippen LogP contribution in [-0.4, -0.2) is 45.5 Å². The molecule has 1 atom stereocenters. The van der Waals surface area contributed by atoms with Crippen molar-refractivity contribution in [1.82, 2.24) is 18.8 Å². The summed E-state index contributed by atoms with van der Waals surface area (Å²) in [5.74, 6) is -0.0400. The highest BCUT2D eigenvalue weighted by atomic mass is 32.2. The molecular weight excluding hydrogens is 507 g/mol. The average Bonchev–Trinajstić information content (AvgIpc) is 3.44. The van der Waals surface area contributed by atoms with Gasteiger partial charge in [-0.15, -0.1) is 0 Å². The zero-order valence-electron chi connectivity index (χ0n) is 21.3. The fourth-order valence-electron chi connectivity index (χ4n) is 4.92. The Morgan fingerprint density at radius 1 is 1.08 bits per heavy atom. The molecule has 0 saturated heterocycles. The van der Waals surface area contributed by atoms with Gasteiger partial charge in [-0.1, -0.05) is 45.0 Å². The number of H-pyrrole nitrogens is 1. The second kappa shape index (κ2) is 8.98. The maximum atomic E-state index is 14.3. The van der Waals surface area contributed by atoms with Gasteiger partial charge in [0, 0.05) is 24.2 Å². The van der Waals surface area contributed by atoms with Gasteiger partial charge in [0.2, 0.25) is 0 Å². The van der Waals surface area contributed by atoms with Crippen LogP contribution in [0.3, 0.4) is 0 Å². The summed E-state index contributed by atoms with van der Waals surface area (Å²) in [4.78, 5) is 21.0. The lowest BCUT2D eigenvalue weighted by molar-refractivity contribution is 0.0950. The molecule has 0 spiro atoms. The van der Waals surface area contributed by atoms with E-state index in [4.69, 9.17) is 0 Å². The highest BCUT2D eigenvalue weighted by molar-refractivity contribution is 7.90. The third-order valence-corrected chi connectivity index (χ3v) is 8.30. The van der Waals surface area contributed by atoms with Gasteiger partial charge in [-0.2, -0.15) is 0 Å². The van der Waals surface area contributed by atoms with Crippen LogP contribution in [-0.2, 0) is 10.0 Å². The number of hydrogen-bond acceptors (Lipinski definition) is 4. The van der Waals surface area contributed by atoms with Crippen LogP contribution < -0.4 is 0 Å². The number of aromatic nitrogens is 3. The quantitative estimate of drug-likeness (QED) is 0.277. The van der Waals surface area contributed by atoms with E-state index in [9.17, 15) is 22.7 Å². The third-order valence-electron chi connectivity index (χ3n) is 6.61. The normalized spacial score (nSPS) is 13.2. The molecule has 1 unspecified atom stereocenters. The molecule has 2 aromatic heterocycles. The van der Waals surface area contributed by atoms with Crippen molar-refractivity contribution in [3.05, 3.63) is 84.6 Å². The Labute approximate surface area is 219 Å². The predicted octanol–water partition coefficient (Wildman–Crippen LogP) is 6.26. The number of amides is 1. The van der Waals surface area contributed by atoms with Crippen molar-refractivity contribution in [2.24, 2.45) is 5.41 Å². The van der Waals surface area contributed by atoms with Crippen molar-refractivity contribution < 1.29 is 22.7 Å². The van der Waals surface area contributed by atoms with E-state index < -0.39 is 33.4 Å². The number of benzene rings is 3. The molecule has 10 heteroatoms. The van der Waals surface area contributed by atoms with E-state index in [1.165, 1.54) is 42.4 Å². The van der Waals surface area contributed by atoms with Gasteiger partial charge in [-0.3, -0.25) is 0 Å². The number of carbonyl (C=O) groups is 1. The number of imidazole rings is 1. The summed E-state index contributed by atoms with van der Waals surface area (Å²) in [6.07, 6.45) is 0.437. The highest BCUT2D eigenvalue weighted by Gasteiger charge is 2.35. The number of rotatable bonds is 5. The number of aromatic amines is 1. The largest absolute Gasteiger partial charge is 0.465 e. The molecule has 0 saturated carbocycles. The molecule has 2 heterocycles. The molecule has 0 aliphatic carbocycles. The molecule has 8 nitrogen and oxygen atoms in total. The highest BCUT2D eigenvalue weighted by Crippen LogP contribution is 2.38. The lowest BCUT2D eigenvalue weighted by atomic mass is 9.85. The van der Waals surface area contributed by atoms with Crippen molar-refractivity contribution in [3.8, 4) is 11.1 Å². The topological polar surface area (TPSA) is 108 Å². The number of hydrogen-bond donors (Lipinski definition) is 2. The molecule has 0 radical (unpaired) electrons. The van der Waals surface area contributed by atoms with Gasteiger partial charge < -0.3 is 15.0 Å². The molecular formula is C28H27FN4O4S. The lowest BCUT2D eigenvalue weighted by Crippen LogP contribution is -2.38. The first-order valence-corrected chi connectivity index (χ1v) is 13.4. The van der Waals surface area contributed by atoms with E-state index >= 15 is 0 Å². The van der Waals surface area contributed by atoms with Crippen molar-refractivity contribution in [2.75, 3.05) is 7.05 Å². The van der Waals surface area contributed by atoms with Crippen molar-refractivity contribution >= 4 is 38.1 Å². The molecule has 0 bridgehead atoms. The number of halogens is 1. The zero-order chi connectivity index (χ0) is 27.4. The molecule has 1 amide bonds. The predicted molar refractivity (Wildman–Crippen MR) is 144 cm³/mol. The molecule has 0 fully saturated rings. The Bertz CT molecular complexity index is 1790. The van der Waals surface area contributed by atoms with Crippen molar-refractivity contribution in [2.45, 2.75) is 31.7 Å². The van der Waals surface area contributed by atoms with Gasteiger partial charge in [-0.25, -0.2) is 26.6 Å². The second-order valence-corrected chi connectivity index (χ2v) is 12.1. The maximum Gasteiger partial charge on any atom is 0.407 e. The third kappa shape index (κ3) is 4.30. The Balaban J connectivity index is 1.67. The number of fused-ring (bicyclic) bond motifs is 2. The first-order valence-electron chi connectivity index (χ1n) is 11.9. The summed E-state index contributed by atoms with van der Waals surface area (Å²) < 4.78 is 42.3.